The predicted molar refractivity (Wildman–Crippen MR) is 143 cm³/mol. The standard InChI is InChI=1S/C27H28F5N11O3/c28-26(29)5-3-16(4-6-26)20(37-23(44)22-21(15-1-2-15)38-46-39-22)17-11-43-19(35-17)7-14(10-34-43)8-25(12-42-13-33-40-41-42)9-18(27(30,31)32)36-24(25)45/h7,10-11,13,15-16,18,20H,1-6,8-9,12H2,(H,36,45)(H,37,44)/t18-,20-,25-/m0/s1. The molecule has 1 saturated heterocycles. The number of hydrogen-bond donors (Lipinski definition) is 2. The Labute approximate surface area is 256 Å². The zero-order chi connectivity index (χ0) is 32.3. The number of nitrogens with zero attached hydrogens (tertiary/aromatic N) is 9. The summed E-state index contributed by atoms with van der Waals surface area (Å²) in [7, 11) is 0. The maximum atomic E-state index is 14.1. The van der Waals surface area contributed by atoms with Crippen LogP contribution in [0, 0.1) is 11.3 Å². The Balaban J connectivity index is 1.18. The summed E-state index contributed by atoms with van der Waals surface area (Å²) in [5, 5.41) is 27.8. The van der Waals surface area contributed by atoms with E-state index >= 15 is 0 Å². The highest BCUT2D eigenvalue weighted by molar-refractivity contribution is 5.93. The Morgan fingerprint density at radius 1 is 1.17 bits per heavy atom. The molecule has 19 heteroatoms. The maximum absolute atomic E-state index is 14.1. The van der Waals surface area contributed by atoms with Gasteiger partial charge in [-0.1, -0.05) is 5.16 Å². The zero-order valence-electron chi connectivity index (χ0n) is 24.1. The minimum absolute atomic E-state index is 0.0395. The van der Waals surface area contributed by atoms with Crippen molar-refractivity contribution in [3.63, 3.8) is 0 Å². The number of fused-ring (bicyclic) bond motifs is 1. The Morgan fingerprint density at radius 2 is 1.96 bits per heavy atom. The second-order valence-electron chi connectivity index (χ2n) is 12.5. The third-order valence-electron chi connectivity index (χ3n) is 9.10. The van der Waals surface area contributed by atoms with Gasteiger partial charge < -0.3 is 10.6 Å². The molecule has 3 aliphatic rings. The van der Waals surface area contributed by atoms with Gasteiger partial charge >= 0.3 is 6.18 Å². The molecule has 4 aromatic heterocycles. The molecule has 0 aromatic carbocycles. The fourth-order valence-corrected chi connectivity index (χ4v) is 6.54. The average molecular weight is 650 g/mol. The normalized spacial score (nSPS) is 24.3. The first-order chi connectivity index (χ1) is 21.9. The molecule has 14 nitrogen and oxygen atoms in total. The molecule has 0 unspecified atom stereocenters. The molecular formula is C27H28F5N11O3. The topological polar surface area (TPSA) is 171 Å². The number of halogens is 5. The third-order valence-corrected chi connectivity index (χ3v) is 9.10. The first kappa shape index (κ1) is 30.1. The molecule has 3 fully saturated rings. The molecule has 0 bridgehead atoms. The largest absolute Gasteiger partial charge is 0.408 e. The molecule has 2 amide bonds. The monoisotopic (exact) mass is 649 g/mol. The van der Waals surface area contributed by atoms with Gasteiger partial charge in [-0.2, -0.15) is 18.3 Å². The van der Waals surface area contributed by atoms with E-state index in [9.17, 15) is 31.5 Å². The lowest BCUT2D eigenvalue weighted by molar-refractivity contribution is -0.155. The van der Waals surface area contributed by atoms with Gasteiger partial charge in [-0.25, -0.2) is 27.6 Å². The zero-order valence-corrected chi connectivity index (χ0v) is 24.1. The number of imidazole rings is 1. The lowest BCUT2D eigenvalue weighted by Gasteiger charge is -2.33. The molecule has 2 saturated carbocycles. The first-order valence-electron chi connectivity index (χ1n) is 14.8. The number of tetrazole rings is 1. The number of rotatable bonds is 9. The molecule has 46 heavy (non-hydrogen) atoms. The minimum Gasteiger partial charge on any atom is -0.344 e. The fourth-order valence-electron chi connectivity index (χ4n) is 6.54. The molecule has 3 atom stereocenters. The van der Waals surface area contributed by atoms with E-state index in [0.29, 0.717) is 17.0 Å². The second kappa shape index (κ2) is 11.0. The van der Waals surface area contributed by atoms with Crippen LogP contribution in [0.25, 0.3) is 5.65 Å². The van der Waals surface area contributed by atoms with E-state index in [2.05, 4.69) is 46.6 Å². The number of alkyl halides is 5. The van der Waals surface area contributed by atoms with Crippen LogP contribution in [0.4, 0.5) is 22.0 Å². The van der Waals surface area contributed by atoms with Crippen LogP contribution in [0.15, 0.2) is 29.4 Å². The molecule has 1 aliphatic heterocycles. The summed E-state index contributed by atoms with van der Waals surface area (Å²) < 4.78 is 76.6. The number of amides is 2. The maximum Gasteiger partial charge on any atom is 0.408 e. The van der Waals surface area contributed by atoms with E-state index in [1.54, 1.807) is 12.3 Å². The van der Waals surface area contributed by atoms with E-state index in [-0.39, 0.29) is 61.8 Å². The summed E-state index contributed by atoms with van der Waals surface area (Å²) in [6.07, 6.45) is 0.169. The molecule has 2 N–H and O–H groups in total. The Bertz CT molecular complexity index is 1740. The highest BCUT2D eigenvalue weighted by Gasteiger charge is 2.56. The second-order valence-corrected chi connectivity index (χ2v) is 12.5. The average Bonchev–Trinajstić information content (AvgIpc) is 3.37. The smallest absolute Gasteiger partial charge is 0.344 e. The van der Waals surface area contributed by atoms with Gasteiger partial charge in [0.05, 0.1) is 36.1 Å². The molecule has 0 spiro atoms. The van der Waals surface area contributed by atoms with Crippen molar-refractivity contribution in [2.24, 2.45) is 11.3 Å². The highest BCUT2D eigenvalue weighted by Crippen LogP contribution is 2.44. The summed E-state index contributed by atoms with van der Waals surface area (Å²) in [6.45, 7) is -0.205. The van der Waals surface area contributed by atoms with Crippen LogP contribution < -0.4 is 10.6 Å². The van der Waals surface area contributed by atoms with Crippen LogP contribution in [-0.2, 0) is 17.8 Å². The van der Waals surface area contributed by atoms with Crippen molar-refractivity contribution in [2.75, 3.05) is 0 Å². The van der Waals surface area contributed by atoms with E-state index in [1.807, 2.05) is 0 Å². The van der Waals surface area contributed by atoms with Crippen LogP contribution in [0.3, 0.4) is 0 Å². The fraction of sp³-hybridized carbons (Fsp3) is 0.593. The third kappa shape index (κ3) is 5.89. The van der Waals surface area contributed by atoms with Gasteiger partial charge in [0.25, 0.3) is 5.91 Å². The van der Waals surface area contributed by atoms with Crippen molar-refractivity contribution >= 4 is 17.5 Å². The number of aromatic nitrogens is 9. The lowest BCUT2D eigenvalue weighted by atomic mass is 9.79. The summed E-state index contributed by atoms with van der Waals surface area (Å²) in [5.41, 5.74) is 0.0237. The van der Waals surface area contributed by atoms with E-state index < -0.39 is 47.8 Å². The molecular weight excluding hydrogens is 621 g/mol. The molecule has 0 radical (unpaired) electrons. The van der Waals surface area contributed by atoms with Crippen molar-refractivity contribution in [1.29, 1.82) is 0 Å². The van der Waals surface area contributed by atoms with Crippen LogP contribution >= 0.6 is 0 Å². The van der Waals surface area contributed by atoms with Crippen molar-refractivity contribution in [3.05, 3.63) is 47.4 Å². The van der Waals surface area contributed by atoms with Gasteiger partial charge in [-0.05, 0) is 71.7 Å². The van der Waals surface area contributed by atoms with Gasteiger partial charge in [0, 0.05) is 18.8 Å². The Kier molecular flexibility index (Phi) is 7.22. The number of nitrogens with one attached hydrogen (secondary N) is 2. The van der Waals surface area contributed by atoms with E-state index in [1.165, 1.54) is 21.7 Å². The first-order valence-corrected chi connectivity index (χ1v) is 14.8. The molecule has 4 aromatic rings. The minimum atomic E-state index is -4.65. The van der Waals surface area contributed by atoms with Gasteiger partial charge in [0.2, 0.25) is 11.8 Å². The quantitative estimate of drug-likeness (QED) is 0.257. The predicted octanol–water partition coefficient (Wildman–Crippen LogP) is 2.95. The highest BCUT2D eigenvalue weighted by atomic mass is 19.4. The molecule has 5 heterocycles. The number of carbonyl (C=O) groups is 2. The Hall–Kier alpha value is -4.58. The number of hydrogen-bond acceptors (Lipinski definition) is 10. The summed E-state index contributed by atoms with van der Waals surface area (Å²) >= 11 is 0. The summed E-state index contributed by atoms with van der Waals surface area (Å²) in [4.78, 5) is 31.1. The molecule has 7 rings (SSSR count). The van der Waals surface area contributed by atoms with E-state index in [4.69, 9.17) is 4.63 Å². The summed E-state index contributed by atoms with van der Waals surface area (Å²) in [5.74, 6) is -4.45. The summed E-state index contributed by atoms with van der Waals surface area (Å²) in [6, 6.07) is -1.23. The van der Waals surface area contributed by atoms with Gasteiger partial charge in [-0.15, -0.1) is 5.10 Å². The van der Waals surface area contributed by atoms with Crippen molar-refractivity contribution in [3.8, 4) is 0 Å². The van der Waals surface area contributed by atoms with Crippen LogP contribution in [0.2, 0.25) is 0 Å². The number of carbonyl (C=O) groups excluding carboxylic acids is 2. The van der Waals surface area contributed by atoms with Crippen molar-refractivity contribution in [1.82, 2.24) is 55.8 Å². The Morgan fingerprint density at radius 3 is 2.63 bits per heavy atom. The van der Waals surface area contributed by atoms with Crippen molar-refractivity contribution < 1.29 is 36.2 Å². The molecule has 2 aliphatic carbocycles. The van der Waals surface area contributed by atoms with Gasteiger partial charge in [0.1, 0.15) is 18.1 Å². The lowest BCUT2D eigenvalue weighted by Crippen LogP contribution is -2.40. The SMILES string of the molecule is O=C(N[C@H](c1cn2ncc(C[C@@]3(Cn4cnnn4)C[C@@H](C(F)(F)F)NC3=O)cc2n1)C1CCC(F)(F)CC1)c1nonc1C1CC1. The van der Waals surface area contributed by atoms with Crippen LogP contribution in [0.5, 0.6) is 0 Å². The van der Waals surface area contributed by atoms with Crippen LogP contribution in [-0.4, -0.2) is 75.1 Å². The van der Waals surface area contributed by atoms with Crippen molar-refractivity contribution in [2.45, 2.75) is 88.0 Å². The van der Waals surface area contributed by atoms with Gasteiger partial charge in [-0.3, -0.25) is 9.59 Å². The van der Waals surface area contributed by atoms with Gasteiger partial charge in [0.15, 0.2) is 11.3 Å². The molecule has 244 valence electrons. The van der Waals surface area contributed by atoms with E-state index in [0.717, 1.165) is 12.8 Å². The van der Waals surface area contributed by atoms with Crippen LogP contribution in [0.1, 0.15) is 84.3 Å².